The van der Waals surface area contributed by atoms with E-state index in [1.54, 1.807) is 4.90 Å². The van der Waals surface area contributed by atoms with Crippen molar-refractivity contribution in [2.24, 2.45) is 11.3 Å². The van der Waals surface area contributed by atoms with Crippen molar-refractivity contribution in [2.45, 2.75) is 46.6 Å². The first-order valence-electron chi connectivity index (χ1n) is 6.34. The first-order valence-corrected chi connectivity index (χ1v) is 8.40. The van der Waals surface area contributed by atoms with Crippen LogP contribution in [0.4, 0.5) is 0 Å². The van der Waals surface area contributed by atoms with Gasteiger partial charge < -0.3 is 4.90 Å². The van der Waals surface area contributed by atoms with Gasteiger partial charge in [0.25, 0.3) is 0 Å². The zero-order valence-corrected chi connectivity index (χ0v) is 13.1. The number of rotatable bonds is 4. The van der Waals surface area contributed by atoms with Gasteiger partial charge >= 0.3 is 0 Å². The van der Waals surface area contributed by atoms with Gasteiger partial charge in [-0.25, -0.2) is 8.42 Å². The Labute approximate surface area is 111 Å². The molecule has 0 aromatic rings. The molecule has 0 saturated heterocycles. The summed E-state index contributed by atoms with van der Waals surface area (Å²) in [5.41, 5.74) is -0.258. The Kier molecular flexibility index (Phi) is 3.88. The maximum atomic E-state index is 12.4. The first kappa shape index (κ1) is 15.5. The molecule has 5 heteroatoms. The van der Waals surface area contributed by atoms with E-state index in [0.717, 1.165) is 6.42 Å². The van der Waals surface area contributed by atoms with E-state index in [0.29, 0.717) is 0 Å². The summed E-state index contributed by atoms with van der Waals surface area (Å²) in [6.45, 7) is 10.3. The highest BCUT2D eigenvalue weighted by atomic mass is 32.2. The number of hydrogen-bond donors (Lipinski definition) is 0. The maximum Gasteiger partial charge on any atom is 0.226 e. The third kappa shape index (κ3) is 3.97. The van der Waals surface area contributed by atoms with E-state index in [4.69, 9.17) is 0 Å². The Morgan fingerprint density at radius 2 is 1.78 bits per heavy atom. The van der Waals surface area contributed by atoms with Crippen LogP contribution in [0.15, 0.2) is 0 Å². The van der Waals surface area contributed by atoms with Gasteiger partial charge in [-0.1, -0.05) is 13.8 Å². The fourth-order valence-corrected chi connectivity index (χ4v) is 2.62. The molecule has 1 aliphatic rings. The lowest BCUT2D eigenvalue weighted by Gasteiger charge is -2.36. The highest BCUT2D eigenvalue weighted by Crippen LogP contribution is 2.52. The Balaban J connectivity index is 2.78. The summed E-state index contributed by atoms with van der Waals surface area (Å²) in [4.78, 5) is 14.1. The molecule has 106 valence electrons. The Hall–Kier alpha value is -0.580. The SMILES string of the molecule is CC1(C)CC1C(=O)N(CCS(C)(=O)=O)C(C)(C)C. The molecule has 1 unspecified atom stereocenters. The zero-order chi connectivity index (χ0) is 14.4. The van der Waals surface area contributed by atoms with Crippen LogP contribution in [0.1, 0.15) is 41.0 Å². The largest absolute Gasteiger partial charge is 0.337 e. The van der Waals surface area contributed by atoms with E-state index in [-0.39, 0.29) is 35.1 Å². The van der Waals surface area contributed by atoms with Gasteiger partial charge in [0, 0.05) is 24.3 Å². The summed E-state index contributed by atoms with van der Waals surface area (Å²) in [6.07, 6.45) is 2.11. The van der Waals surface area contributed by atoms with Gasteiger partial charge in [0.2, 0.25) is 5.91 Å². The molecule has 4 nitrogen and oxygen atoms in total. The topological polar surface area (TPSA) is 54.5 Å². The molecule has 0 heterocycles. The van der Waals surface area contributed by atoms with Gasteiger partial charge in [0.05, 0.1) is 5.75 Å². The monoisotopic (exact) mass is 275 g/mol. The number of sulfone groups is 1. The van der Waals surface area contributed by atoms with Crippen molar-refractivity contribution < 1.29 is 13.2 Å². The van der Waals surface area contributed by atoms with Crippen LogP contribution in [0.25, 0.3) is 0 Å². The predicted octanol–water partition coefficient (Wildman–Crippen LogP) is 1.70. The minimum Gasteiger partial charge on any atom is -0.337 e. The summed E-state index contributed by atoms with van der Waals surface area (Å²) < 4.78 is 22.5. The van der Waals surface area contributed by atoms with Crippen molar-refractivity contribution in [1.82, 2.24) is 4.90 Å². The molecule has 0 spiro atoms. The fourth-order valence-electron chi connectivity index (χ4n) is 2.11. The lowest BCUT2D eigenvalue weighted by Crippen LogP contribution is -2.48. The van der Waals surface area contributed by atoms with Gasteiger partial charge in [0.1, 0.15) is 9.84 Å². The molecule has 1 amide bonds. The maximum absolute atomic E-state index is 12.4. The number of amides is 1. The number of carbonyl (C=O) groups is 1. The molecule has 0 aliphatic heterocycles. The third-order valence-corrected chi connectivity index (χ3v) is 4.50. The molecular weight excluding hydrogens is 250 g/mol. The lowest BCUT2D eigenvalue weighted by molar-refractivity contribution is -0.137. The van der Waals surface area contributed by atoms with Crippen molar-refractivity contribution in [3.8, 4) is 0 Å². The predicted molar refractivity (Wildman–Crippen MR) is 73.1 cm³/mol. The first-order chi connectivity index (χ1) is 7.84. The van der Waals surface area contributed by atoms with E-state index in [1.165, 1.54) is 6.26 Å². The number of nitrogens with zero attached hydrogens (tertiary/aromatic N) is 1. The van der Waals surface area contributed by atoms with E-state index in [9.17, 15) is 13.2 Å². The van der Waals surface area contributed by atoms with Gasteiger partial charge in [-0.15, -0.1) is 0 Å². The standard InChI is InChI=1S/C13H25NO3S/c1-12(2,3)14(7-8-18(6,16)17)11(15)10-9-13(10,4)5/h10H,7-9H2,1-6H3. The molecule has 1 aliphatic carbocycles. The van der Waals surface area contributed by atoms with Gasteiger partial charge in [-0.2, -0.15) is 0 Å². The van der Waals surface area contributed by atoms with Crippen LogP contribution < -0.4 is 0 Å². The summed E-state index contributed by atoms with van der Waals surface area (Å²) in [6, 6.07) is 0. The second-order valence-electron chi connectivity index (χ2n) is 7.04. The summed E-state index contributed by atoms with van der Waals surface area (Å²) in [7, 11) is -3.04. The molecule has 1 rings (SSSR count). The Morgan fingerprint density at radius 1 is 1.33 bits per heavy atom. The van der Waals surface area contributed by atoms with Crippen molar-refractivity contribution in [1.29, 1.82) is 0 Å². The molecule has 0 bridgehead atoms. The van der Waals surface area contributed by atoms with Crippen molar-refractivity contribution in [3.05, 3.63) is 0 Å². The van der Waals surface area contributed by atoms with Crippen molar-refractivity contribution in [2.75, 3.05) is 18.6 Å². The average molecular weight is 275 g/mol. The summed E-state index contributed by atoms with van der Waals surface area (Å²) in [5.74, 6) is 0.177. The smallest absolute Gasteiger partial charge is 0.226 e. The van der Waals surface area contributed by atoms with Gasteiger partial charge in [-0.3, -0.25) is 4.79 Å². The minimum absolute atomic E-state index is 0.0309. The van der Waals surface area contributed by atoms with Crippen LogP contribution >= 0.6 is 0 Å². The molecule has 1 atom stereocenters. The minimum atomic E-state index is -3.04. The molecule has 1 fully saturated rings. The summed E-state index contributed by atoms with van der Waals surface area (Å²) >= 11 is 0. The molecule has 0 aromatic carbocycles. The second kappa shape index (κ2) is 4.51. The van der Waals surface area contributed by atoms with Crippen LogP contribution in [-0.4, -0.2) is 43.3 Å². The Morgan fingerprint density at radius 3 is 2.06 bits per heavy atom. The third-order valence-electron chi connectivity index (χ3n) is 3.57. The van der Waals surface area contributed by atoms with Crippen LogP contribution in [0.2, 0.25) is 0 Å². The second-order valence-corrected chi connectivity index (χ2v) is 9.30. The van der Waals surface area contributed by atoms with E-state index in [1.807, 2.05) is 20.8 Å². The van der Waals surface area contributed by atoms with E-state index in [2.05, 4.69) is 13.8 Å². The molecule has 1 saturated carbocycles. The number of hydrogen-bond acceptors (Lipinski definition) is 3. The van der Waals surface area contributed by atoms with Gasteiger partial charge in [0.15, 0.2) is 0 Å². The van der Waals surface area contributed by atoms with Gasteiger partial charge in [-0.05, 0) is 32.6 Å². The van der Waals surface area contributed by atoms with E-state index >= 15 is 0 Å². The van der Waals surface area contributed by atoms with Crippen molar-refractivity contribution in [3.63, 3.8) is 0 Å². The van der Waals surface area contributed by atoms with E-state index < -0.39 is 9.84 Å². The van der Waals surface area contributed by atoms with Crippen LogP contribution in [-0.2, 0) is 14.6 Å². The number of carbonyl (C=O) groups excluding carboxylic acids is 1. The van der Waals surface area contributed by atoms with Crippen LogP contribution in [0.5, 0.6) is 0 Å². The molecule has 0 N–H and O–H groups in total. The molecule has 0 aromatic heterocycles. The van der Waals surface area contributed by atoms with Crippen molar-refractivity contribution >= 4 is 15.7 Å². The molecular formula is C13H25NO3S. The highest BCUT2D eigenvalue weighted by Gasteiger charge is 2.53. The molecule has 0 radical (unpaired) electrons. The van der Waals surface area contributed by atoms with Crippen LogP contribution in [0, 0.1) is 11.3 Å². The quantitative estimate of drug-likeness (QED) is 0.785. The zero-order valence-electron chi connectivity index (χ0n) is 12.3. The van der Waals surface area contributed by atoms with Crippen LogP contribution in [0.3, 0.4) is 0 Å². The summed E-state index contributed by atoms with van der Waals surface area (Å²) in [5, 5.41) is 0. The highest BCUT2D eigenvalue weighted by molar-refractivity contribution is 7.90. The lowest BCUT2D eigenvalue weighted by atomic mass is 10.0. The fraction of sp³-hybridized carbons (Fsp3) is 0.923. The Bertz CT molecular complexity index is 432. The normalized spacial score (nSPS) is 22.7. The average Bonchev–Trinajstić information content (AvgIpc) is 2.70. The molecule has 18 heavy (non-hydrogen) atoms.